The summed E-state index contributed by atoms with van der Waals surface area (Å²) in [6, 6.07) is 14.5. The average molecular weight is 301 g/mol. The molecule has 3 rings (SSSR count). The minimum absolute atomic E-state index is 0.113. The van der Waals surface area contributed by atoms with E-state index < -0.39 is 0 Å². The van der Waals surface area contributed by atoms with Crippen LogP contribution in [0.25, 0.3) is 11.1 Å². The lowest BCUT2D eigenvalue weighted by atomic mass is 10.0. The van der Waals surface area contributed by atoms with Crippen molar-refractivity contribution in [2.75, 3.05) is 0 Å². The van der Waals surface area contributed by atoms with Crippen LogP contribution in [0.4, 0.5) is 0 Å². The van der Waals surface area contributed by atoms with Crippen LogP contribution in [0, 0.1) is 5.92 Å². The van der Waals surface area contributed by atoms with Crippen molar-refractivity contribution < 1.29 is 4.79 Å². The Morgan fingerprint density at radius 2 is 1.83 bits per heavy atom. The highest BCUT2D eigenvalue weighted by Crippen LogP contribution is 2.36. The summed E-state index contributed by atoms with van der Waals surface area (Å²) in [5.41, 5.74) is 4.40. The molecule has 1 aliphatic rings. The zero-order valence-electron chi connectivity index (χ0n) is 10.1. The van der Waals surface area contributed by atoms with Crippen molar-refractivity contribution in [3.63, 3.8) is 0 Å². The molecule has 1 unspecified atom stereocenters. The number of benzene rings is 2. The normalized spacial score (nSPS) is 17.9. The van der Waals surface area contributed by atoms with Crippen molar-refractivity contribution in [3.8, 4) is 11.1 Å². The predicted molar refractivity (Wildman–Crippen MR) is 76.8 cm³/mol. The molecule has 1 nitrogen and oxygen atoms in total. The van der Waals surface area contributed by atoms with Gasteiger partial charge in [0.25, 0.3) is 0 Å². The molecular weight excluding hydrogens is 288 g/mol. The Morgan fingerprint density at radius 3 is 2.56 bits per heavy atom. The fraction of sp³-hybridized carbons (Fsp3) is 0.188. The first-order valence-corrected chi connectivity index (χ1v) is 6.88. The molecule has 0 aliphatic heterocycles. The highest BCUT2D eigenvalue weighted by molar-refractivity contribution is 9.10. The summed E-state index contributed by atoms with van der Waals surface area (Å²) in [6.45, 7) is 2.00. The van der Waals surface area contributed by atoms with Crippen molar-refractivity contribution in [1.29, 1.82) is 0 Å². The third kappa shape index (κ3) is 1.81. The minimum Gasteiger partial charge on any atom is -0.294 e. The monoisotopic (exact) mass is 300 g/mol. The number of fused-ring (bicyclic) bond motifs is 1. The molecule has 2 aromatic carbocycles. The molecule has 0 amide bonds. The average Bonchev–Trinajstić information content (AvgIpc) is 2.66. The third-order valence-electron chi connectivity index (χ3n) is 3.50. The van der Waals surface area contributed by atoms with Crippen LogP contribution in [0.2, 0.25) is 0 Å². The number of halogens is 1. The second kappa shape index (κ2) is 4.36. The number of carbonyl (C=O) groups excluding carboxylic acids is 1. The summed E-state index contributed by atoms with van der Waals surface area (Å²) in [5, 5.41) is 0. The van der Waals surface area contributed by atoms with Crippen LogP contribution in [0.3, 0.4) is 0 Å². The highest BCUT2D eigenvalue weighted by atomic mass is 79.9. The summed E-state index contributed by atoms with van der Waals surface area (Å²) in [7, 11) is 0. The van der Waals surface area contributed by atoms with Crippen molar-refractivity contribution in [3.05, 3.63) is 58.1 Å². The van der Waals surface area contributed by atoms with Crippen molar-refractivity contribution in [2.45, 2.75) is 13.3 Å². The Balaban J connectivity index is 2.15. The minimum atomic E-state index is 0.113. The number of hydrogen-bond acceptors (Lipinski definition) is 1. The van der Waals surface area contributed by atoms with Gasteiger partial charge in [-0.1, -0.05) is 59.3 Å². The molecule has 18 heavy (non-hydrogen) atoms. The van der Waals surface area contributed by atoms with Crippen molar-refractivity contribution in [1.82, 2.24) is 0 Å². The summed E-state index contributed by atoms with van der Waals surface area (Å²) in [5.74, 6) is 0.374. The molecule has 0 aromatic heterocycles. The summed E-state index contributed by atoms with van der Waals surface area (Å²) in [4.78, 5) is 12.0. The van der Waals surface area contributed by atoms with Gasteiger partial charge in [0.15, 0.2) is 5.78 Å². The zero-order valence-corrected chi connectivity index (χ0v) is 11.7. The van der Waals surface area contributed by atoms with E-state index in [-0.39, 0.29) is 11.7 Å². The maximum Gasteiger partial charge on any atom is 0.167 e. The Morgan fingerprint density at radius 1 is 1.11 bits per heavy atom. The number of carbonyl (C=O) groups is 1. The number of Topliss-reactive ketones (excluding diaryl/α,β-unsaturated/α-hetero) is 1. The first-order chi connectivity index (χ1) is 8.66. The van der Waals surface area contributed by atoms with Crippen LogP contribution in [-0.4, -0.2) is 5.78 Å². The van der Waals surface area contributed by atoms with Gasteiger partial charge in [-0.05, 0) is 29.2 Å². The quantitative estimate of drug-likeness (QED) is 0.758. The lowest BCUT2D eigenvalue weighted by Crippen LogP contribution is -2.03. The fourth-order valence-electron chi connectivity index (χ4n) is 2.57. The van der Waals surface area contributed by atoms with Crippen LogP contribution in [0.1, 0.15) is 22.8 Å². The van der Waals surface area contributed by atoms with Crippen molar-refractivity contribution in [2.24, 2.45) is 5.92 Å². The number of rotatable bonds is 1. The van der Waals surface area contributed by atoms with Gasteiger partial charge >= 0.3 is 0 Å². The van der Waals surface area contributed by atoms with Gasteiger partial charge in [0.2, 0.25) is 0 Å². The fourth-order valence-corrected chi connectivity index (χ4v) is 3.26. The van der Waals surface area contributed by atoms with Crippen LogP contribution in [-0.2, 0) is 6.42 Å². The van der Waals surface area contributed by atoms with Crippen LogP contribution in [0.5, 0.6) is 0 Å². The molecule has 1 aliphatic carbocycles. The Kier molecular flexibility index (Phi) is 2.83. The summed E-state index contributed by atoms with van der Waals surface area (Å²) >= 11 is 3.54. The first kappa shape index (κ1) is 11.7. The van der Waals surface area contributed by atoms with E-state index in [0.29, 0.717) is 0 Å². The van der Waals surface area contributed by atoms with E-state index in [4.69, 9.17) is 0 Å². The molecule has 1 atom stereocenters. The van der Waals surface area contributed by atoms with Crippen molar-refractivity contribution >= 4 is 21.7 Å². The van der Waals surface area contributed by atoms with Gasteiger partial charge < -0.3 is 0 Å². The number of ketones is 1. The maximum atomic E-state index is 12.0. The van der Waals surface area contributed by atoms with Gasteiger partial charge in [0.05, 0.1) is 0 Å². The smallest absolute Gasteiger partial charge is 0.167 e. The molecule has 0 fully saturated rings. The molecule has 0 saturated heterocycles. The molecular formula is C16H13BrO. The topological polar surface area (TPSA) is 17.1 Å². The van der Waals surface area contributed by atoms with Gasteiger partial charge in [0, 0.05) is 16.0 Å². The first-order valence-electron chi connectivity index (χ1n) is 6.09. The lowest BCUT2D eigenvalue weighted by Gasteiger charge is -2.07. The Bertz CT molecular complexity index is 616. The molecule has 0 bridgehead atoms. The molecule has 0 radical (unpaired) electrons. The maximum absolute atomic E-state index is 12.0. The van der Waals surface area contributed by atoms with Gasteiger partial charge in [-0.25, -0.2) is 0 Å². The Labute approximate surface area is 115 Å². The molecule has 2 aromatic rings. The molecule has 0 N–H and O–H groups in total. The van der Waals surface area contributed by atoms with E-state index in [1.165, 1.54) is 16.7 Å². The van der Waals surface area contributed by atoms with Crippen LogP contribution in [0.15, 0.2) is 46.9 Å². The second-order valence-electron chi connectivity index (χ2n) is 4.83. The highest BCUT2D eigenvalue weighted by Gasteiger charge is 2.29. The zero-order chi connectivity index (χ0) is 12.7. The second-order valence-corrected chi connectivity index (χ2v) is 5.68. The molecule has 2 heteroatoms. The summed E-state index contributed by atoms with van der Waals surface area (Å²) < 4.78 is 0.924. The lowest BCUT2D eigenvalue weighted by molar-refractivity contribution is 0.0945. The third-order valence-corrected chi connectivity index (χ3v) is 4.12. The van der Waals surface area contributed by atoms with Crippen LogP contribution >= 0.6 is 15.9 Å². The largest absolute Gasteiger partial charge is 0.294 e. The molecule has 0 heterocycles. The molecule has 90 valence electrons. The van der Waals surface area contributed by atoms with E-state index in [1.54, 1.807) is 0 Å². The van der Waals surface area contributed by atoms with E-state index in [9.17, 15) is 4.79 Å². The van der Waals surface area contributed by atoms with Gasteiger partial charge in [0.1, 0.15) is 0 Å². The van der Waals surface area contributed by atoms with E-state index in [2.05, 4.69) is 34.1 Å². The molecule has 0 saturated carbocycles. The standard InChI is InChI=1S/C16H13BrO/c1-10-7-13-8-12(11-5-3-2-4-6-11)9-14(17)15(13)16(10)18/h2-6,8-10H,7H2,1H3. The van der Waals surface area contributed by atoms with Gasteiger partial charge in [-0.2, -0.15) is 0 Å². The summed E-state index contributed by atoms with van der Waals surface area (Å²) in [6.07, 6.45) is 0.855. The van der Waals surface area contributed by atoms with Crippen LogP contribution < -0.4 is 0 Å². The van der Waals surface area contributed by atoms with Gasteiger partial charge in [-0.15, -0.1) is 0 Å². The number of hydrogen-bond donors (Lipinski definition) is 0. The predicted octanol–water partition coefficient (Wildman–Crippen LogP) is 4.49. The SMILES string of the molecule is CC1Cc2cc(-c3ccccc3)cc(Br)c2C1=O. The van der Waals surface area contributed by atoms with Gasteiger partial charge in [-0.3, -0.25) is 4.79 Å². The van der Waals surface area contributed by atoms with E-state index in [1.807, 2.05) is 31.2 Å². The van der Waals surface area contributed by atoms with E-state index in [0.717, 1.165) is 16.5 Å². The van der Waals surface area contributed by atoms with E-state index >= 15 is 0 Å². The molecule has 0 spiro atoms. The Hall–Kier alpha value is -1.41.